The van der Waals surface area contributed by atoms with E-state index >= 15 is 0 Å². The van der Waals surface area contributed by atoms with Gasteiger partial charge in [-0.15, -0.1) is 0 Å². The Morgan fingerprint density at radius 1 is 1.58 bits per heavy atom. The number of carbonyl (C=O) groups excluding carboxylic acids is 1. The van der Waals surface area contributed by atoms with Gasteiger partial charge in [-0.25, -0.2) is 4.79 Å². The molecule has 0 saturated carbocycles. The van der Waals surface area contributed by atoms with E-state index in [1.54, 1.807) is 0 Å². The first-order valence-corrected chi connectivity index (χ1v) is 4.07. The summed E-state index contributed by atoms with van der Waals surface area (Å²) in [6, 6.07) is 0. The van der Waals surface area contributed by atoms with Gasteiger partial charge in [-0.2, -0.15) is 13.2 Å². The number of halogens is 4. The Balaban J connectivity index is 4.28. The number of hydrogen-bond donors (Lipinski definition) is 0. The lowest BCUT2D eigenvalue weighted by Crippen LogP contribution is -2.08. The lowest BCUT2D eigenvalue weighted by molar-refractivity contribution is -0.138. The summed E-state index contributed by atoms with van der Waals surface area (Å²) in [6.07, 6.45) is -4.56. The minimum Gasteiger partial charge on any atom is -0.462 e. The molecule has 0 spiro atoms. The van der Waals surface area contributed by atoms with Gasteiger partial charge in [0.15, 0.2) is 0 Å². The predicted molar refractivity (Wildman–Crippen MR) is 44.8 cm³/mol. The molecular formula is C6H6F3IO2. The summed E-state index contributed by atoms with van der Waals surface area (Å²) in [6.45, 7) is 1.59. The van der Waals surface area contributed by atoms with Crippen molar-refractivity contribution in [3.63, 3.8) is 0 Å². The van der Waals surface area contributed by atoms with Gasteiger partial charge in [-0.05, 0) is 29.5 Å². The molecule has 0 aliphatic carbocycles. The SMILES string of the molecule is CCOC(=O)/C(I)=C\C(F)(F)F. The quantitative estimate of drug-likeness (QED) is 0.444. The maximum Gasteiger partial charge on any atom is 0.411 e. The van der Waals surface area contributed by atoms with E-state index in [4.69, 9.17) is 0 Å². The molecule has 0 aliphatic heterocycles. The average molecular weight is 294 g/mol. The van der Waals surface area contributed by atoms with Crippen molar-refractivity contribution in [1.29, 1.82) is 0 Å². The highest BCUT2D eigenvalue weighted by Crippen LogP contribution is 2.22. The number of esters is 1. The van der Waals surface area contributed by atoms with Gasteiger partial charge < -0.3 is 4.74 Å². The van der Waals surface area contributed by atoms with Crippen LogP contribution in [0.25, 0.3) is 0 Å². The fourth-order valence-electron chi connectivity index (χ4n) is 0.403. The third-order valence-electron chi connectivity index (χ3n) is 0.761. The third-order valence-corrected chi connectivity index (χ3v) is 1.51. The standard InChI is InChI=1S/C6H6F3IO2/c1-2-12-5(11)4(10)3-6(7,8)9/h3H,2H2,1H3/b4-3+. The van der Waals surface area contributed by atoms with E-state index in [2.05, 4.69) is 4.74 Å². The molecule has 0 radical (unpaired) electrons. The summed E-state index contributed by atoms with van der Waals surface area (Å²) in [5.74, 6) is -0.949. The summed E-state index contributed by atoms with van der Waals surface area (Å²) >= 11 is 1.28. The number of ether oxygens (including phenoxy) is 1. The van der Waals surface area contributed by atoms with E-state index in [9.17, 15) is 18.0 Å². The third kappa shape index (κ3) is 5.39. The number of rotatable bonds is 2. The first kappa shape index (κ1) is 11.7. The van der Waals surface area contributed by atoms with E-state index in [1.807, 2.05) is 0 Å². The molecule has 0 aliphatic rings. The topological polar surface area (TPSA) is 26.3 Å². The molecule has 6 heteroatoms. The second-order valence-corrected chi connectivity index (χ2v) is 2.92. The fourth-order valence-corrected chi connectivity index (χ4v) is 0.911. The lowest BCUT2D eigenvalue weighted by Gasteiger charge is -2.01. The van der Waals surface area contributed by atoms with E-state index in [-0.39, 0.29) is 12.7 Å². The molecule has 0 aromatic heterocycles. The normalized spacial score (nSPS) is 12.9. The van der Waals surface area contributed by atoms with Gasteiger partial charge in [0.05, 0.1) is 6.61 Å². The van der Waals surface area contributed by atoms with Gasteiger partial charge in [0.1, 0.15) is 3.58 Å². The van der Waals surface area contributed by atoms with E-state index < -0.39 is 15.7 Å². The molecule has 12 heavy (non-hydrogen) atoms. The van der Waals surface area contributed by atoms with Crippen molar-refractivity contribution in [2.75, 3.05) is 6.61 Å². The summed E-state index contributed by atoms with van der Waals surface area (Å²) < 4.78 is 38.7. The van der Waals surface area contributed by atoms with Gasteiger partial charge in [0, 0.05) is 6.08 Å². The Labute approximate surface area is 80.9 Å². The molecule has 0 rings (SSSR count). The lowest BCUT2D eigenvalue weighted by atomic mass is 10.5. The van der Waals surface area contributed by atoms with Crippen LogP contribution in [0.2, 0.25) is 0 Å². The highest BCUT2D eigenvalue weighted by atomic mass is 127. The summed E-state index contributed by atoms with van der Waals surface area (Å²) in [4.78, 5) is 10.6. The maximum atomic E-state index is 11.6. The Hall–Kier alpha value is -0.270. The summed E-state index contributed by atoms with van der Waals surface area (Å²) in [5, 5.41) is 0. The van der Waals surface area contributed by atoms with Gasteiger partial charge in [-0.1, -0.05) is 0 Å². The van der Waals surface area contributed by atoms with Crippen molar-refractivity contribution in [3.8, 4) is 0 Å². The monoisotopic (exact) mass is 294 g/mol. The molecule has 0 amide bonds. The second-order valence-electron chi connectivity index (χ2n) is 1.75. The Bertz CT molecular complexity index is 197. The van der Waals surface area contributed by atoms with Crippen LogP contribution in [0.4, 0.5) is 13.2 Å². The number of alkyl halides is 3. The van der Waals surface area contributed by atoms with Crippen molar-refractivity contribution in [1.82, 2.24) is 0 Å². The minimum atomic E-state index is -4.47. The number of hydrogen-bond acceptors (Lipinski definition) is 2. The predicted octanol–water partition coefficient (Wildman–Crippen LogP) is 2.43. The molecular weight excluding hydrogens is 288 g/mol. The molecule has 0 N–H and O–H groups in total. The van der Waals surface area contributed by atoms with Crippen LogP contribution in [0, 0.1) is 0 Å². The van der Waals surface area contributed by atoms with E-state index in [1.165, 1.54) is 29.5 Å². The Kier molecular flexibility index (Phi) is 4.58. The van der Waals surface area contributed by atoms with Crippen molar-refractivity contribution in [3.05, 3.63) is 9.66 Å². The molecule has 0 bridgehead atoms. The highest BCUT2D eigenvalue weighted by Gasteiger charge is 2.26. The number of carbonyl (C=O) groups is 1. The zero-order chi connectivity index (χ0) is 9.78. The highest BCUT2D eigenvalue weighted by molar-refractivity contribution is 14.1. The Morgan fingerprint density at radius 2 is 2.08 bits per heavy atom. The first-order chi connectivity index (χ1) is 5.37. The van der Waals surface area contributed by atoms with Crippen molar-refractivity contribution in [2.24, 2.45) is 0 Å². The molecule has 70 valence electrons. The zero-order valence-corrected chi connectivity index (χ0v) is 8.27. The maximum absolute atomic E-state index is 11.6. The zero-order valence-electron chi connectivity index (χ0n) is 6.11. The van der Waals surface area contributed by atoms with Crippen LogP contribution in [0.15, 0.2) is 9.66 Å². The van der Waals surface area contributed by atoms with Crippen LogP contribution >= 0.6 is 22.6 Å². The average Bonchev–Trinajstić information content (AvgIpc) is 1.84. The molecule has 0 heterocycles. The van der Waals surface area contributed by atoms with Gasteiger partial charge in [-0.3, -0.25) is 0 Å². The second kappa shape index (κ2) is 4.68. The van der Waals surface area contributed by atoms with Crippen LogP contribution in [-0.2, 0) is 9.53 Å². The van der Waals surface area contributed by atoms with Crippen LogP contribution < -0.4 is 0 Å². The summed E-state index contributed by atoms with van der Waals surface area (Å²) in [7, 11) is 0. The van der Waals surface area contributed by atoms with Crippen LogP contribution in [-0.4, -0.2) is 18.8 Å². The Morgan fingerprint density at radius 3 is 2.42 bits per heavy atom. The van der Waals surface area contributed by atoms with Crippen LogP contribution in [0.3, 0.4) is 0 Å². The molecule has 2 nitrogen and oxygen atoms in total. The smallest absolute Gasteiger partial charge is 0.411 e. The van der Waals surface area contributed by atoms with Crippen LogP contribution in [0.1, 0.15) is 6.92 Å². The summed E-state index contributed by atoms with van der Waals surface area (Å²) in [5.41, 5.74) is 0. The molecule has 0 unspecified atom stereocenters. The minimum absolute atomic E-state index is 0.0665. The van der Waals surface area contributed by atoms with Gasteiger partial charge >= 0.3 is 12.1 Å². The van der Waals surface area contributed by atoms with Crippen molar-refractivity contribution >= 4 is 28.6 Å². The first-order valence-electron chi connectivity index (χ1n) is 2.99. The van der Waals surface area contributed by atoms with Gasteiger partial charge in [0.25, 0.3) is 0 Å². The van der Waals surface area contributed by atoms with Crippen LogP contribution in [0.5, 0.6) is 0 Å². The van der Waals surface area contributed by atoms with E-state index in [0.29, 0.717) is 0 Å². The fraction of sp³-hybridized carbons (Fsp3) is 0.500. The molecule has 0 aromatic rings. The molecule has 0 saturated heterocycles. The van der Waals surface area contributed by atoms with Gasteiger partial charge in [0.2, 0.25) is 0 Å². The van der Waals surface area contributed by atoms with Crippen molar-refractivity contribution in [2.45, 2.75) is 13.1 Å². The van der Waals surface area contributed by atoms with Crippen molar-refractivity contribution < 1.29 is 22.7 Å². The largest absolute Gasteiger partial charge is 0.462 e. The molecule has 0 fully saturated rings. The molecule has 0 atom stereocenters. The van der Waals surface area contributed by atoms with E-state index in [0.717, 1.165) is 0 Å². The number of allylic oxidation sites excluding steroid dienone is 1. The molecule has 0 aromatic carbocycles.